The number of benzene rings is 1. The zero-order valence-electron chi connectivity index (χ0n) is 10.2. The number of imidazole rings is 1. The summed E-state index contributed by atoms with van der Waals surface area (Å²) in [6.07, 6.45) is 3.42. The summed E-state index contributed by atoms with van der Waals surface area (Å²) < 4.78 is 0. The van der Waals surface area contributed by atoms with Gasteiger partial charge in [0.15, 0.2) is 5.65 Å². The Hall–Kier alpha value is -2.07. The quantitative estimate of drug-likeness (QED) is 0.720. The Morgan fingerprint density at radius 2 is 2.11 bits per heavy atom. The average Bonchev–Trinajstić information content (AvgIpc) is 2.83. The van der Waals surface area contributed by atoms with Crippen molar-refractivity contribution >= 4 is 28.5 Å². The molecule has 19 heavy (non-hydrogen) atoms. The van der Waals surface area contributed by atoms with Crippen LogP contribution in [0.15, 0.2) is 36.5 Å². The molecule has 0 aliphatic heterocycles. The molecule has 0 fully saturated rings. The van der Waals surface area contributed by atoms with Gasteiger partial charge in [-0.1, -0.05) is 17.7 Å². The minimum Gasteiger partial charge on any atom is -0.398 e. The summed E-state index contributed by atoms with van der Waals surface area (Å²) in [5.41, 5.74) is 9.27. The lowest BCUT2D eigenvalue weighted by atomic mass is 10.1. The maximum absolute atomic E-state index is 5.90. The van der Waals surface area contributed by atoms with Gasteiger partial charge in [0.1, 0.15) is 5.82 Å². The first-order chi connectivity index (χ1) is 9.22. The first-order valence-corrected chi connectivity index (χ1v) is 6.44. The van der Waals surface area contributed by atoms with Crippen LogP contribution in [0.25, 0.3) is 11.2 Å². The van der Waals surface area contributed by atoms with Gasteiger partial charge >= 0.3 is 0 Å². The van der Waals surface area contributed by atoms with Crippen molar-refractivity contribution in [3.63, 3.8) is 0 Å². The molecule has 0 spiro atoms. The van der Waals surface area contributed by atoms with Crippen LogP contribution in [-0.4, -0.2) is 15.0 Å². The zero-order valence-corrected chi connectivity index (χ0v) is 11.0. The molecule has 96 valence electrons. The number of nitrogen functional groups attached to an aromatic ring is 1. The fraction of sp³-hybridized carbons (Fsp3) is 0.143. The van der Waals surface area contributed by atoms with Crippen molar-refractivity contribution in [2.24, 2.45) is 0 Å². The van der Waals surface area contributed by atoms with E-state index in [0.29, 0.717) is 10.7 Å². The number of aromatic amines is 1. The molecule has 4 nitrogen and oxygen atoms in total. The van der Waals surface area contributed by atoms with Crippen LogP contribution < -0.4 is 5.73 Å². The van der Waals surface area contributed by atoms with Gasteiger partial charge in [-0.25, -0.2) is 9.97 Å². The van der Waals surface area contributed by atoms with Crippen LogP contribution in [0.3, 0.4) is 0 Å². The topological polar surface area (TPSA) is 67.6 Å². The number of aromatic nitrogens is 3. The van der Waals surface area contributed by atoms with E-state index in [9.17, 15) is 0 Å². The fourth-order valence-electron chi connectivity index (χ4n) is 2.02. The second-order valence-corrected chi connectivity index (χ2v) is 4.82. The lowest BCUT2D eigenvalue weighted by Gasteiger charge is -2.02. The number of hydrogen-bond acceptors (Lipinski definition) is 3. The average molecular weight is 273 g/mol. The summed E-state index contributed by atoms with van der Waals surface area (Å²) in [5.74, 6) is 0.933. The molecular formula is C14H13ClN4. The van der Waals surface area contributed by atoms with Gasteiger partial charge in [0.05, 0.1) is 16.2 Å². The molecule has 0 unspecified atom stereocenters. The molecule has 3 aromatic rings. The van der Waals surface area contributed by atoms with Gasteiger partial charge in [-0.15, -0.1) is 0 Å². The Morgan fingerprint density at radius 3 is 2.89 bits per heavy atom. The van der Waals surface area contributed by atoms with E-state index < -0.39 is 0 Å². The van der Waals surface area contributed by atoms with Gasteiger partial charge < -0.3 is 10.7 Å². The van der Waals surface area contributed by atoms with E-state index in [4.69, 9.17) is 17.3 Å². The van der Waals surface area contributed by atoms with Crippen LogP contribution in [0.5, 0.6) is 0 Å². The van der Waals surface area contributed by atoms with Crippen molar-refractivity contribution in [1.82, 2.24) is 15.0 Å². The summed E-state index contributed by atoms with van der Waals surface area (Å²) in [4.78, 5) is 11.9. The SMILES string of the molecule is Nc1cc(CCc2nc3ncccc3[nH]2)ccc1Cl. The fourth-order valence-corrected chi connectivity index (χ4v) is 2.14. The lowest BCUT2D eigenvalue weighted by molar-refractivity contribution is 0.889. The Kier molecular flexibility index (Phi) is 3.09. The molecule has 0 atom stereocenters. The highest BCUT2D eigenvalue weighted by Gasteiger charge is 2.04. The Morgan fingerprint density at radius 1 is 1.21 bits per heavy atom. The van der Waals surface area contributed by atoms with Crippen molar-refractivity contribution < 1.29 is 0 Å². The molecule has 2 heterocycles. The normalized spacial score (nSPS) is 11.0. The highest BCUT2D eigenvalue weighted by molar-refractivity contribution is 6.33. The molecule has 2 aromatic heterocycles. The number of nitrogens with one attached hydrogen (secondary N) is 1. The monoisotopic (exact) mass is 272 g/mol. The smallest absolute Gasteiger partial charge is 0.177 e. The van der Waals surface area contributed by atoms with E-state index in [1.54, 1.807) is 6.20 Å². The van der Waals surface area contributed by atoms with Crippen molar-refractivity contribution in [3.05, 3.63) is 52.9 Å². The van der Waals surface area contributed by atoms with Gasteiger partial charge in [0, 0.05) is 12.6 Å². The van der Waals surface area contributed by atoms with Crippen LogP contribution in [0.2, 0.25) is 5.02 Å². The second-order valence-electron chi connectivity index (χ2n) is 4.41. The van der Waals surface area contributed by atoms with Gasteiger partial charge in [-0.05, 0) is 36.2 Å². The van der Waals surface area contributed by atoms with Gasteiger partial charge in [-0.2, -0.15) is 0 Å². The third kappa shape index (κ3) is 2.53. The number of halogens is 1. The largest absolute Gasteiger partial charge is 0.398 e. The first kappa shape index (κ1) is 12.0. The van der Waals surface area contributed by atoms with E-state index in [0.717, 1.165) is 35.4 Å². The maximum atomic E-state index is 5.90. The number of H-pyrrole nitrogens is 1. The number of anilines is 1. The number of rotatable bonds is 3. The Balaban J connectivity index is 1.76. The summed E-state index contributed by atoms with van der Waals surface area (Å²) in [6.45, 7) is 0. The molecule has 0 saturated carbocycles. The standard InChI is InChI=1S/C14H13ClN4/c15-10-5-3-9(8-11(10)16)4-6-13-18-12-2-1-7-17-14(12)19-13/h1-3,5,7-8H,4,6,16H2,(H,17,18,19). The molecular weight excluding hydrogens is 260 g/mol. The van der Waals surface area contributed by atoms with Crippen molar-refractivity contribution in [3.8, 4) is 0 Å². The van der Waals surface area contributed by atoms with Crippen molar-refractivity contribution in [2.45, 2.75) is 12.8 Å². The van der Waals surface area contributed by atoms with Crippen LogP contribution in [0.1, 0.15) is 11.4 Å². The lowest BCUT2D eigenvalue weighted by Crippen LogP contribution is -1.95. The number of pyridine rings is 1. The predicted molar refractivity (Wildman–Crippen MR) is 77.2 cm³/mol. The first-order valence-electron chi connectivity index (χ1n) is 6.06. The van der Waals surface area contributed by atoms with Crippen molar-refractivity contribution in [2.75, 3.05) is 5.73 Å². The highest BCUT2D eigenvalue weighted by atomic mass is 35.5. The van der Waals surface area contributed by atoms with Gasteiger partial charge in [0.25, 0.3) is 0 Å². The molecule has 3 N–H and O–H groups in total. The molecule has 0 aliphatic rings. The number of nitrogens with two attached hydrogens (primary N) is 1. The number of aryl methyl sites for hydroxylation is 2. The van der Waals surface area contributed by atoms with Gasteiger partial charge in [0.2, 0.25) is 0 Å². The molecule has 3 rings (SSSR count). The van der Waals surface area contributed by atoms with Crippen LogP contribution in [0.4, 0.5) is 5.69 Å². The Labute approximate surface area is 115 Å². The minimum atomic E-state index is 0.594. The molecule has 0 saturated heterocycles. The number of nitrogens with zero attached hydrogens (tertiary/aromatic N) is 2. The highest BCUT2D eigenvalue weighted by Crippen LogP contribution is 2.20. The third-order valence-corrected chi connectivity index (χ3v) is 3.36. The summed E-state index contributed by atoms with van der Waals surface area (Å²) >= 11 is 5.90. The van der Waals surface area contributed by atoms with E-state index in [2.05, 4.69) is 15.0 Å². The third-order valence-electron chi connectivity index (χ3n) is 3.02. The van der Waals surface area contributed by atoms with E-state index in [-0.39, 0.29) is 0 Å². The summed E-state index contributed by atoms with van der Waals surface area (Å²) in [6, 6.07) is 9.58. The molecule has 0 bridgehead atoms. The minimum absolute atomic E-state index is 0.594. The summed E-state index contributed by atoms with van der Waals surface area (Å²) in [7, 11) is 0. The van der Waals surface area contributed by atoms with Crippen LogP contribution in [-0.2, 0) is 12.8 Å². The van der Waals surface area contributed by atoms with E-state index >= 15 is 0 Å². The molecule has 0 aliphatic carbocycles. The maximum Gasteiger partial charge on any atom is 0.177 e. The molecule has 1 aromatic carbocycles. The summed E-state index contributed by atoms with van der Waals surface area (Å²) in [5, 5.41) is 0.594. The van der Waals surface area contributed by atoms with Gasteiger partial charge in [-0.3, -0.25) is 0 Å². The second kappa shape index (κ2) is 4.90. The van der Waals surface area contributed by atoms with E-state index in [1.807, 2.05) is 30.3 Å². The van der Waals surface area contributed by atoms with Crippen LogP contribution >= 0.6 is 11.6 Å². The van der Waals surface area contributed by atoms with Crippen molar-refractivity contribution in [1.29, 1.82) is 0 Å². The predicted octanol–water partition coefficient (Wildman–Crippen LogP) is 2.98. The number of hydrogen-bond donors (Lipinski definition) is 2. The molecule has 0 radical (unpaired) electrons. The molecule has 5 heteroatoms. The number of fused-ring (bicyclic) bond motifs is 1. The van der Waals surface area contributed by atoms with Crippen LogP contribution in [0, 0.1) is 0 Å². The zero-order chi connectivity index (χ0) is 13.2. The molecule has 0 amide bonds. The van der Waals surface area contributed by atoms with E-state index in [1.165, 1.54) is 0 Å². The Bertz CT molecular complexity index is 687.